The van der Waals surface area contributed by atoms with Gasteiger partial charge in [-0.25, -0.2) is 0 Å². The summed E-state index contributed by atoms with van der Waals surface area (Å²) in [5.74, 6) is 0.982. The molecule has 0 atom stereocenters. The van der Waals surface area contributed by atoms with Gasteiger partial charge in [0, 0.05) is 31.9 Å². The summed E-state index contributed by atoms with van der Waals surface area (Å²) in [5.41, 5.74) is 3.53. The average molecular weight is 302 g/mol. The number of benzene rings is 1. The van der Waals surface area contributed by atoms with E-state index in [4.69, 9.17) is 4.74 Å². The van der Waals surface area contributed by atoms with E-state index < -0.39 is 0 Å². The summed E-state index contributed by atoms with van der Waals surface area (Å²) in [7, 11) is 0. The summed E-state index contributed by atoms with van der Waals surface area (Å²) < 4.78 is 5.85. The first kappa shape index (κ1) is 15.2. The fraction of sp³-hybridized carbons (Fsp3) is 0.611. The highest BCUT2D eigenvalue weighted by Gasteiger charge is 2.20. The molecule has 2 aliphatic heterocycles. The molecule has 22 heavy (non-hydrogen) atoms. The topological polar surface area (TPSA) is 32.8 Å². The maximum atomic E-state index is 12.1. The van der Waals surface area contributed by atoms with Gasteiger partial charge in [-0.05, 0) is 62.8 Å². The first-order chi connectivity index (χ1) is 10.6. The van der Waals surface area contributed by atoms with Crippen molar-refractivity contribution in [3.8, 4) is 5.75 Å². The molecule has 120 valence electrons. The van der Waals surface area contributed by atoms with Gasteiger partial charge in [-0.15, -0.1) is 0 Å². The van der Waals surface area contributed by atoms with Crippen molar-refractivity contribution in [3.63, 3.8) is 0 Å². The Hall–Kier alpha value is -1.71. The zero-order chi connectivity index (χ0) is 15.5. The number of ether oxygens (including phenoxy) is 1. The summed E-state index contributed by atoms with van der Waals surface area (Å²) in [6.07, 6.45) is 4.80. The van der Waals surface area contributed by atoms with Gasteiger partial charge in [-0.2, -0.15) is 0 Å². The Bertz CT molecular complexity index is 521. The van der Waals surface area contributed by atoms with Gasteiger partial charge < -0.3 is 14.5 Å². The van der Waals surface area contributed by atoms with Crippen LogP contribution in [0.25, 0.3) is 0 Å². The summed E-state index contributed by atoms with van der Waals surface area (Å²) in [5, 5.41) is 0. The third-order valence-electron chi connectivity index (χ3n) is 4.72. The van der Waals surface area contributed by atoms with E-state index in [2.05, 4.69) is 30.9 Å². The number of aryl methyl sites for hydroxylation is 2. The van der Waals surface area contributed by atoms with Gasteiger partial charge in [0.05, 0.1) is 0 Å². The second kappa shape index (κ2) is 6.59. The number of carbonyl (C=O) groups is 1. The molecule has 0 bridgehead atoms. The number of hydrogen-bond donors (Lipinski definition) is 0. The van der Waals surface area contributed by atoms with E-state index in [0.717, 1.165) is 55.9 Å². The Kier molecular flexibility index (Phi) is 4.55. The van der Waals surface area contributed by atoms with Crippen LogP contribution in [0.15, 0.2) is 12.1 Å². The van der Waals surface area contributed by atoms with Crippen LogP contribution in [-0.4, -0.2) is 43.6 Å². The van der Waals surface area contributed by atoms with Crippen LogP contribution in [0.5, 0.6) is 5.75 Å². The first-order valence-corrected chi connectivity index (χ1v) is 8.42. The fourth-order valence-corrected chi connectivity index (χ4v) is 3.50. The quantitative estimate of drug-likeness (QED) is 0.857. The maximum Gasteiger partial charge on any atom is 0.260 e. The van der Waals surface area contributed by atoms with E-state index in [1.54, 1.807) is 0 Å². The van der Waals surface area contributed by atoms with Crippen molar-refractivity contribution in [2.45, 2.75) is 39.5 Å². The molecule has 1 amide bonds. The molecule has 0 radical (unpaired) electrons. The van der Waals surface area contributed by atoms with Gasteiger partial charge in [0.25, 0.3) is 5.91 Å². The molecule has 4 heteroatoms. The van der Waals surface area contributed by atoms with Crippen LogP contribution in [0.2, 0.25) is 0 Å². The number of anilines is 1. The summed E-state index contributed by atoms with van der Waals surface area (Å²) in [6.45, 7) is 8.36. The molecule has 0 spiro atoms. The lowest BCUT2D eigenvalue weighted by molar-refractivity contribution is -0.132. The number of hydrogen-bond acceptors (Lipinski definition) is 3. The first-order valence-electron chi connectivity index (χ1n) is 8.42. The normalized spacial score (nSPS) is 18.1. The smallest absolute Gasteiger partial charge is 0.260 e. The fourth-order valence-electron chi connectivity index (χ4n) is 3.50. The molecule has 3 rings (SSSR count). The van der Waals surface area contributed by atoms with E-state index in [-0.39, 0.29) is 12.5 Å². The Labute approximate surface area is 133 Å². The highest BCUT2D eigenvalue weighted by molar-refractivity contribution is 5.78. The molecule has 0 aromatic heterocycles. The Balaban J connectivity index is 1.66. The van der Waals surface area contributed by atoms with Crippen LogP contribution in [0.4, 0.5) is 5.69 Å². The Morgan fingerprint density at radius 2 is 1.55 bits per heavy atom. The van der Waals surface area contributed by atoms with Gasteiger partial charge >= 0.3 is 0 Å². The molecule has 2 aliphatic rings. The number of likely N-dealkylation sites (tertiary alicyclic amines) is 1. The van der Waals surface area contributed by atoms with E-state index >= 15 is 0 Å². The van der Waals surface area contributed by atoms with Crippen LogP contribution in [0.1, 0.15) is 36.8 Å². The lowest BCUT2D eigenvalue weighted by Gasteiger charge is -2.22. The van der Waals surface area contributed by atoms with Gasteiger partial charge in [0.15, 0.2) is 6.61 Å². The predicted octanol–water partition coefficient (Wildman–Crippen LogP) is 2.90. The zero-order valence-electron chi connectivity index (χ0n) is 13.7. The van der Waals surface area contributed by atoms with Crippen LogP contribution in [-0.2, 0) is 4.79 Å². The van der Waals surface area contributed by atoms with E-state index in [1.165, 1.54) is 18.5 Å². The van der Waals surface area contributed by atoms with Crippen LogP contribution >= 0.6 is 0 Å². The van der Waals surface area contributed by atoms with Gasteiger partial charge in [-0.1, -0.05) is 0 Å². The molecular weight excluding hydrogens is 276 g/mol. The van der Waals surface area contributed by atoms with Gasteiger partial charge in [-0.3, -0.25) is 4.79 Å². The molecule has 2 heterocycles. The lowest BCUT2D eigenvalue weighted by Crippen LogP contribution is -2.32. The standard InChI is InChI=1S/C18H26N2O2/c1-14-11-16(19-7-3-4-8-19)12-15(2)18(14)22-13-17(21)20-9-5-6-10-20/h11-12H,3-10,13H2,1-2H3. The molecule has 0 aliphatic carbocycles. The Morgan fingerprint density at radius 3 is 2.14 bits per heavy atom. The molecular formula is C18H26N2O2. The predicted molar refractivity (Wildman–Crippen MR) is 88.7 cm³/mol. The highest BCUT2D eigenvalue weighted by Crippen LogP contribution is 2.30. The van der Waals surface area contributed by atoms with Crippen molar-refractivity contribution in [1.82, 2.24) is 4.90 Å². The third-order valence-corrected chi connectivity index (χ3v) is 4.72. The minimum Gasteiger partial charge on any atom is -0.483 e. The Morgan fingerprint density at radius 1 is 1.00 bits per heavy atom. The SMILES string of the molecule is Cc1cc(N2CCCC2)cc(C)c1OCC(=O)N1CCCC1. The second-order valence-corrected chi connectivity index (χ2v) is 6.48. The number of nitrogens with zero attached hydrogens (tertiary/aromatic N) is 2. The second-order valence-electron chi connectivity index (χ2n) is 6.48. The van der Waals surface area contributed by atoms with Crippen LogP contribution < -0.4 is 9.64 Å². The summed E-state index contributed by atoms with van der Waals surface area (Å²) in [6, 6.07) is 4.38. The number of carbonyl (C=O) groups excluding carboxylic acids is 1. The molecule has 0 N–H and O–H groups in total. The van der Waals surface area contributed by atoms with E-state index in [1.807, 2.05) is 4.90 Å². The van der Waals surface area contributed by atoms with Crippen molar-refractivity contribution in [3.05, 3.63) is 23.3 Å². The molecule has 2 fully saturated rings. The molecule has 1 aromatic carbocycles. The van der Waals surface area contributed by atoms with Crippen LogP contribution in [0, 0.1) is 13.8 Å². The van der Waals surface area contributed by atoms with Gasteiger partial charge in [0.1, 0.15) is 5.75 Å². The van der Waals surface area contributed by atoms with Crippen LogP contribution in [0.3, 0.4) is 0 Å². The van der Waals surface area contributed by atoms with Crippen molar-refractivity contribution >= 4 is 11.6 Å². The molecule has 0 unspecified atom stereocenters. The number of amides is 1. The minimum absolute atomic E-state index is 0.111. The van der Waals surface area contributed by atoms with E-state index in [0.29, 0.717) is 0 Å². The maximum absolute atomic E-state index is 12.1. The summed E-state index contributed by atoms with van der Waals surface area (Å²) in [4.78, 5) is 16.4. The molecule has 0 saturated carbocycles. The van der Waals surface area contributed by atoms with Crippen molar-refractivity contribution in [2.75, 3.05) is 37.7 Å². The van der Waals surface area contributed by atoms with Crippen molar-refractivity contribution in [2.24, 2.45) is 0 Å². The lowest BCUT2D eigenvalue weighted by atomic mass is 10.1. The monoisotopic (exact) mass is 302 g/mol. The summed E-state index contributed by atoms with van der Waals surface area (Å²) >= 11 is 0. The average Bonchev–Trinajstić information content (AvgIpc) is 3.19. The number of rotatable bonds is 4. The van der Waals surface area contributed by atoms with Crippen molar-refractivity contribution in [1.29, 1.82) is 0 Å². The minimum atomic E-state index is 0.111. The molecule has 2 saturated heterocycles. The third kappa shape index (κ3) is 3.21. The van der Waals surface area contributed by atoms with Gasteiger partial charge in [0.2, 0.25) is 0 Å². The highest BCUT2D eigenvalue weighted by atomic mass is 16.5. The zero-order valence-corrected chi connectivity index (χ0v) is 13.7. The largest absolute Gasteiger partial charge is 0.483 e. The molecule has 1 aromatic rings. The molecule has 4 nitrogen and oxygen atoms in total. The van der Waals surface area contributed by atoms with Crippen molar-refractivity contribution < 1.29 is 9.53 Å². The van der Waals surface area contributed by atoms with E-state index in [9.17, 15) is 4.79 Å².